The molecule has 160 valence electrons. The summed E-state index contributed by atoms with van der Waals surface area (Å²) in [4.78, 5) is 14.6. The van der Waals surface area contributed by atoms with Crippen LogP contribution in [0.5, 0.6) is 0 Å². The van der Waals surface area contributed by atoms with E-state index in [2.05, 4.69) is 4.72 Å². The number of hydrogen-bond donors (Lipinski definition) is 1. The molecule has 5 nitrogen and oxygen atoms in total. The van der Waals surface area contributed by atoms with E-state index in [-0.39, 0.29) is 10.8 Å². The minimum Gasteiger partial charge on any atom is -0.308 e. The van der Waals surface area contributed by atoms with Crippen LogP contribution in [0, 0.1) is 12.7 Å². The number of benzene rings is 3. The predicted molar refractivity (Wildman–Crippen MR) is 120 cm³/mol. The fourth-order valence-corrected chi connectivity index (χ4v) is 4.85. The Morgan fingerprint density at radius 1 is 1.06 bits per heavy atom. The molecule has 0 spiro atoms. The average Bonchev–Trinajstić information content (AvgIpc) is 2.75. The van der Waals surface area contributed by atoms with Crippen LogP contribution in [-0.2, 0) is 16.4 Å². The first kappa shape index (κ1) is 21.3. The number of rotatable bonds is 4. The molecule has 1 amide bonds. The topological polar surface area (TPSA) is 66.5 Å². The molecule has 0 atom stereocenters. The summed E-state index contributed by atoms with van der Waals surface area (Å²) in [5, 5.41) is 0.473. The van der Waals surface area contributed by atoms with E-state index in [0.29, 0.717) is 41.3 Å². The summed E-state index contributed by atoms with van der Waals surface area (Å²) in [6.07, 6.45) is 1.35. The standard InChI is InChI=1S/C23H20ClFN2O3S/c1-15-4-9-19(14-21(15)24)26-31(29,30)20-10-11-22-17(13-20)3-2-12-27(22)23(28)16-5-7-18(25)8-6-16/h4-11,13-14,26H,2-3,12H2,1H3. The van der Waals surface area contributed by atoms with Crippen LogP contribution in [0.4, 0.5) is 15.8 Å². The Hall–Kier alpha value is -2.90. The molecule has 0 bridgehead atoms. The summed E-state index contributed by atoms with van der Waals surface area (Å²) >= 11 is 6.10. The Morgan fingerprint density at radius 2 is 1.81 bits per heavy atom. The molecule has 0 unspecified atom stereocenters. The highest BCUT2D eigenvalue weighted by molar-refractivity contribution is 7.92. The highest BCUT2D eigenvalue weighted by Gasteiger charge is 2.26. The van der Waals surface area contributed by atoms with Gasteiger partial charge in [-0.25, -0.2) is 12.8 Å². The van der Waals surface area contributed by atoms with E-state index < -0.39 is 15.8 Å². The maximum absolute atomic E-state index is 13.2. The zero-order valence-corrected chi connectivity index (χ0v) is 18.3. The van der Waals surface area contributed by atoms with Gasteiger partial charge in [-0.05, 0) is 85.5 Å². The van der Waals surface area contributed by atoms with Crippen LogP contribution in [0.15, 0.2) is 65.6 Å². The van der Waals surface area contributed by atoms with E-state index in [1.54, 1.807) is 35.2 Å². The van der Waals surface area contributed by atoms with E-state index in [0.717, 1.165) is 11.1 Å². The number of halogens is 2. The van der Waals surface area contributed by atoms with Gasteiger partial charge in [0.25, 0.3) is 15.9 Å². The summed E-state index contributed by atoms with van der Waals surface area (Å²) in [6.45, 7) is 2.35. The van der Waals surface area contributed by atoms with E-state index in [1.807, 2.05) is 6.92 Å². The van der Waals surface area contributed by atoms with Crippen molar-refractivity contribution in [2.45, 2.75) is 24.7 Å². The smallest absolute Gasteiger partial charge is 0.261 e. The summed E-state index contributed by atoms with van der Waals surface area (Å²) < 4.78 is 41.5. The molecule has 1 aliphatic heterocycles. The van der Waals surface area contributed by atoms with Gasteiger partial charge in [-0.3, -0.25) is 9.52 Å². The fraction of sp³-hybridized carbons (Fsp3) is 0.174. The first-order valence-corrected chi connectivity index (χ1v) is 11.6. The third-order valence-electron chi connectivity index (χ3n) is 5.24. The number of anilines is 2. The number of amides is 1. The van der Waals surface area contributed by atoms with Crippen molar-refractivity contribution in [1.29, 1.82) is 0 Å². The number of hydrogen-bond acceptors (Lipinski definition) is 3. The molecule has 0 aromatic heterocycles. The van der Waals surface area contributed by atoms with E-state index in [1.165, 1.54) is 30.3 Å². The van der Waals surface area contributed by atoms with Gasteiger partial charge in [0, 0.05) is 22.8 Å². The third kappa shape index (κ3) is 4.43. The van der Waals surface area contributed by atoms with E-state index >= 15 is 0 Å². The molecule has 0 aliphatic carbocycles. The van der Waals surface area contributed by atoms with Crippen LogP contribution >= 0.6 is 11.6 Å². The molecule has 0 radical (unpaired) electrons. The maximum atomic E-state index is 13.2. The number of sulfonamides is 1. The molecule has 1 N–H and O–H groups in total. The van der Waals surface area contributed by atoms with Crippen LogP contribution in [-0.4, -0.2) is 20.9 Å². The molecule has 0 fully saturated rings. The minimum atomic E-state index is -3.82. The molecule has 8 heteroatoms. The van der Waals surface area contributed by atoms with Crippen molar-refractivity contribution in [1.82, 2.24) is 0 Å². The van der Waals surface area contributed by atoms with Gasteiger partial charge in [0.15, 0.2) is 0 Å². The molecule has 3 aromatic carbocycles. The first-order chi connectivity index (χ1) is 14.7. The third-order valence-corrected chi connectivity index (χ3v) is 7.03. The Labute approximate surface area is 185 Å². The number of carbonyl (C=O) groups excluding carboxylic acids is 1. The Kier molecular flexibility index (Phi) is 5.73. The first-order valence-electron chi connectivity index (χ1n) is 9.74. The number of nitrogens with zero attached hydrogens (tertiary/aromatic N) is 1. The van der Waals surface area contributed by atoms with Gasteiger partial charge in [0.05, 0.1) is 10.6 Å². The number of nitrogens with one attached hydrogen (secondary N) is 1. The van der Waals surface area contributed by atoms with E-state index in [9.17, 15) is 17.6 Å². The second kappa shape index (κ2) is 8.32. The monoisotopic (exact) mass is 458 g/mol. The largest absolute Gasteiger partial charge is 0.308 e. The lowest BCUT2D eigenvalue weighted by Crippen LogP contribution is -2.35. The van der Waals surface area contributed by atoms with Crippen LogP contribution in [0.1, 0.15) is 27.9 Å². The normalized spacial score (nSPS) is 13.6. The zero-order valence-electron chi connectivity index (χ0n) is 16.7. The second-order valence-corrected chi connectivity index (χ2v) is 9.52. The molecular formula is C23H20ClFN2O3S. The quantitative estimate of drug-likeness (QED) is 0.585. The number of fused-ring (bicyclic) bond motifs is 1. The molecule has 3 aromatic rings. The lowest BCUT2D eigenvalue weighted by molar-refractivity contribution is 0.0985. The van der Waals surface area contributed by atoms with Crippen LogP contribution in [0.25, 0.3) is 0 Å². The highest BCUT2D eigenvalue weighted by atomic mass is 35.5. The van der Waals surface area contributed by atoms with Gasteiger partial charge in [-0.1, -0.05) is 17.7 Å². The number of aryl methyl sites for hydroxylation is 2. The molecule has 1 aliphatic rings. The van der Waals surface area contributed by atoms with Gasteiger partial charge < -0.3 is 4.90 Å². The van der Waals surface area contributed by atoms with Gasteiger partial charge in [-0.2, -0.15) is 0 Å². The van der Waals surface area contributed by atoms with Crippen molar-refractivity contribution in [3.63, 3.8) is 0 Å². The molecule has 31 heavy (non-hydrogen) atoms. The van der Waals surface area contributed by atoms with Crippen molar-refractivity contribution in [3.8, 4) is 0 Å². The van der Waals surface area contributed by atoms with Crippen molar-refractivity contribution < 1.29 is 17.6 Å². The average molecular weight is 459 g/mol. The fourth-order valence-electron chi connectivity index (χ4n) is 3.57. The van der Waals surface area contributed by atoms with E-state index in [4.69, 9.17) is 11.6 Å². The molecule has 0 saturated heterocycles. The lowest BCUT2D eigenvalue weighted by atomic mass is 10.0. The summed E-state index contributed by atoms with van der Waals surface area (Å²) in [5.74, 6) is -0.656. The van der Waals surface area contributed by atoms with Crippen molar-refractivity contribution in [3.05, 3.63) is 88.2 Å². The predicted octanol–water partition coefficient (Wildman–Crippen LogP) is 5.18. The Morgan fingerprint density at radius 3 is 2.52 bits per heavy atom. The lowest BCUT2D eigenvalue weighted by Gasteiger charge is -2.30. The highest BCUT2D eigenvalue weighted by Crippen LogP contribution is 2.31. The van der Waals surface area contributed by atoms with Crippen molar-refractivity contribution in [2.75, 3.05) is 16.2 Å². The van der Waals surface area contributed by atoms with Gasteiger partial charge >= 0.3 is 0 Å². The van der Waals surface area contributed by atoms with Crippen LogP contribution in [0.2, 0.25) is 5.02 Å². The molecule has 4 rings (SSSR count). The Bertz CT molecular complexity index is 1260. The van der Waals surface area contributed by atoms with Crippen LogP contribution < -0.4 is 9.62 Å². The maximum Gasteiger partial charge on any atom is 0.261 e. The summed E-state index contributed by atoms with van der Waals surface area (Å²) in [7, 11) is -3.82. The molecule has 1 heterocycles. The van der Waals surface area contributed by atoms with Crippen LogP contribution in [0.3, 0.4) is 0 Å². The zero-order chi connectivity index (χ0) is 22.2. The Balaban J connectivity index is 1.62. The van der Waals surface area contributed by atoms with Gasteiger partial charge in [0.2, 0.25) is 0 Å². The molecule has 0 saturated carbocycles. The molecular weight excluding hydrogens is 439 g/mol. The SMILES string of the molecule is Cc1ccc(NS(=O)(=O)c2ccc3c(c2)CCCN3C(=O)c2ccc(F)cc2)cc1Cl. The second-order valence-electron chi connectivity index (χ2n) is 7.43. The summed E-state index contributed by atoms with van der Waals surface area (Å²) in [5.41, 5.74) is 3.04. The van der Waals surface area contributed by atoms with Crippen molar-refractivity contribution >= 4 is 38.9 Å². The van der Waals surface area contributed by atoms with Crippen molar-refractivity contribution in [2.24, 2.45) is 0 Å². The van der Waals surface area contributed by atoms with Gasteiger partial charge in [0.1, 0.15) is 5.82 Å². The number of carbonyl (C=O) groups is 1. The summed E-state index contributed by atoms with van der Waals surface area (Å²) in [6, 6.07) is 15.1. The minimum absolute atomic E-state index is 0.110. The van der Waals surface area contributed by atoms with Gasteiger partial charge in [-0.15, -0.1) is 0 Å².